The van der Waals surface area contributed by atoms with Crippen LogP contribution in [0.3, 0.4) is 0 Å². The monoisotopic (exact) mass is 205 g/mol. The number of hydrogen-bond donors (Lipinski definition) is 0. The van der Waals surface area contributed by atoms with Crippen molar-refractivity contribution in [1.29, 1.82) is 0 Å². The first kappa shape index (κ1) is 14.9. The third-order valence-corrected chi connectivity index (χ3v) is 0.660. The van der Waals surface area contributed by atoms with Gasteiger partial charge in [0.05, 0.1) is 19.1 Å². The fraction of sp³-hybridized carbons (Fsp3) is 0.500. The van der Waals surface area contributed by atoms with E-state index in [2.05, 4.69) is 14.0 Å². The molecule has 0 N–H and O–H groups in total. The van der Waals surface area contributed by atoms with Crippen LogP contribution in [-0.2, 0) is 9.57 Å². The number of rotatable bonds is 2. The minimum Gasteiger partial charge on any atom is -0.473 e. The van der Waals surface area contributed by atoms with Gasteiger partial charge < -0.3 is 14.0 Å². The van der Waals surface area contributed by atoms with Crippen molar-refractivity contribution in [1.82, 2.24) is 0 Å². The zero-order valence-electron chi connectivity index (χ0n) is 8.50. The Bertz CT molecular complexity index is 170. The summed E-state index contributed by atoms with van der Waals surface area (Å²) in [5.74, 6) is 0. The van der Waals surface area contributed by atoms with Crippen LogP contribution in [0, 0.1) is 10.1 Å². The topological polar surface area (TPSA) is 74.7 Å². The second-order valence-corrected chi connectivity index (χ2v) is 1.84. The van der Waals surface area contributed by atoms with Crippen LogP contribution in [-0.4, -0.2) is 25.9 Å². The summed E-state index contributed by atoms with van der Waals surface area (Å²) in [6.45, 7) is 1.69. The first-order chi connectivity index (χ1) is 6.68. The highest BCUT2D eigenvalue weighted by Crippen LogP contribution is 1.79. The molecule has 1 rings (SSSR count). The fourth-order valence-corrected chi connectivity index (χ4v) is 0.332. The Balaban J connectivity index is 0. The molecule has 14 heavy (non-hydrogen) atoms. The zero-order chi connectivity index (χ0) is 11.2. The smallest absolute Gasteiger partial charge is 0.294 e. The van der Waals surface area contributed by atoms with Crippen LogP contribution < -0.4 is 0 Å². The van der Waals surface area contributed by atoms with Crippen LogP contribution >= 0.6 is 0 Å². The van der Waals surface area contributed by atoms with E-state index in [-0.39, 0.29) is 6.61 Å². The molecular weight excluding hydrogens is 190 g/mol. The lowest BCUT2D eigenvalue weighted by atomic mass is 10.7. The van der Waals surface area contributed by atoms with Crippen LogP contribution in [0.5, 0.6) is 0 Å². The molecule has 0 spiro atoms. The SMILES string of the molecule is CCO[N+](=O)[O-].COC.c1ccoc1. The molecule has 1 aromatic rings. The molecule has 6 heteroatoms. The van der Waals surface area contributed by atoms with Gasteiger partial charge in [-0.25, -0.2) is 0 Å². The molecule has 0 saturated carbocycles. The highest BCUT2D eigenvalue weighted by atomic mass is 16.9. The fourth-order valence-electron chi connectivity index (χ4n) is 0.332. The highest BCUT2D eigenvalue weighted by Gasteiger charge is 1.83. The summed E-state index contributed by atoms with van der Waals surface area (Å²) in [5.41, 5.74) is 0. The van der Waals surface area contributed by atoms with Crippen LogP contribution in [0.1, 0.15) is 6.92 Å². The molecule has 0 amide bonds. The van der Waals surface area contributed by atoms with E-state index < -0.39 is 5.09 Å². The Labute approximate surface area is 82.5 Å². The van der Waals surface area contributed by atoms with Crippen molar-refractivity contribution in [3.8, 4) is 0 Å². The Kier molecular flexibility index (Phi) is 14.9. The Morgan fingerprint density at radius 1 is 1.36 bits per heavy atom. The normalized spacial score (nSPS) is 7.36. The molecule has 0 saturated heterocycles. The quantitative estimate of drug-likeness (QED) is 0.543. The van der Waals surface area contributed by atoms with E-state index in [0.29, 0.717) is 0 Å². The van der Waals surface area contributed by atoms with Gasteiger partial charge in [0, 0.05) is 14.2 Å². The number of methoxy groups -OCH3 is 1. The van der Waals surface area contributed by atoms with Gasteiger partial charge in [0.2, 0.25) is 0 Å². The molecular formula is C8H15NO5. The summed E-state index contributed by atoms with van der Waals surface area (Å²) in [6, 6.07) is 3.67. The van der Waals surface area contributed by atoms with E-state index in [0.717, 1.165) is 0 Å². The third kappa shape index (κ3) is 22.4. The van der Waals surface area contributed by atoms with Crippen molar-refractivity contribution in [2.75, 3.05) is 20.8 Å². The van der Waals surface area contributed by atoms with Gasteiger partial charge in [-0.15, -0.1) is 10.1 Å². The van der Waals surface area contributed by atoms with E-state index in [1.165, 1.54) is 0 Å². The summed E-state index contributed by atoms with van der Waals surface area (Å²) < 4.78 is 8.83. The van der Waals surface area contributed by atoms with Gasteiger partial charge in [-0.05, 0) is 19.1 Å². The van der Waals surface area contributed by atoms with Crippen molar-refractivity contribution < 1.29 is 19.1 Å². The lowest BCUT2D eigenvalue weighted by Gasteiger charge is -1.83. The molecule has 1 heterocycles. The van der Waals surface area contributed by atoms with Crippen molar-refractivity contribution in [2.24, 2.45) is 0 Å². The highest BCUT2D eigenvalue weighted by molar-refractivity contribution is 4.79. The number of furan rings is 1. The summed E-state index contributed by atoms with van der Waals surface area (Å²) >= 11 is 0. The zero-order valence-corrected chi connectivity index (χ0v) is 8.50. The van der Waals surface area contributed by atoms with Crippen molar-refractivity contribution in [3.05, 3.63) is 34.8 Å². The van der Waals surface area contributed by atoms with Crippen molar-refractivity contribution >= 4 is 0 Å². The first-order valence-electron chi connectivity index (χ1n) is 3.83. The Morgan fingerprint density at radius 3 is 1.86 bits per heavy atom. The molecule has 0 aliphatic rings. The van der Waals surface area contributed by atoms with Crippen LogP contribution in [0.2, 0.25) is 0 Å². The average Bonchev–Trinajstić information content (AvgIpc) is 2.61. The van der Waals surface area contributed by atoms with E-state index in [1.54, 1.807) is 33.7 Å². The summed E-state index contributed by atoms with van der Waals surface area (Å²) in [5, 5.41) is 8.36. The van der Waals surface area contributed by atoms with Crippen molar-refractivity contribution in [3.63, 3.8) is 0 Å². The lowest BCUT2D eigenvalue weighted by Crippen LogP contribution is -1.97. The van der Waals surface area contributed by atoms with Gasteiger partial charge in [0.15, 0.2) is 0 Å². The largest absolute Gasteiger partial charge is 0.473 e. The molecule has 0 fully saturated rings. The standard InChI is InChI=1S/C4H4O.C2H5NO3.C2H6O/c1-2-4-5-3-1;1-2-6-3(4)5;1-3-2/h1-4H;2H2,1H3;1-2H3. The van der Waals surface area contributed by atoms with E-state index in [4.69, 9.17) is 0 Å². The number of nitrogens with zero attached hydrogens (tertiary/aromatic N) is 1. The maximum atomic E-state index is 9.18. The molecule has 0 atom stereocenters. The molecule has 6 nitrogen and oxygen atoms in total. The summed E-state index contributed by atoms with van der Waals surface area (Å²) in [6.07, 6.45) is 3.25. The van der Waals surface area contributed by atoms with Crippen LogP contribution in [0.15, 0.2) is 29.1 Å². The van der Waals surface area contributed by atoms with E-state index in [9.17, 15) is 10.1 Å². The first-order valence-corrected chi connectivity index (χ1v) is 3.83. The molecule has 0 aromatic carbocycles. The van der Waals surface area contributed by atoms with Gasteiger partial charge in [-0.2, -0.15) is 0 Å². The molecule has 0 bridgehead atoms. The van der Waals surface area contributed by atoms with E-state index >= 15 is 0 Å². The van der Waals surface area contributed by atoms with Gasteiger partial charge in [0.1, 0.15) is 0 Å². The van der Waals surface area contributed by atoms with Crippen LogP contribution in [0.4, 0.5) is 0 Å². The summed E-state index contributed by atoms with van der Waals surface area (Å²) in [7, 11) is 3.25. The maximum Gasteiger partial charge on any atom is 0.294 e. The predicted octanol–water partition coefficient (Wildman–Crippen LogP) is 1.76. The van der Waals surface area contributed by atoms with Gasteiger partial charge in [0.25, 0.3) is 5.09 Å². The molecule has 0 aliphatic heterocycles. The molecule has 82 valence electrons. The Morgan fingerprint density at radius 2 is 1.79 bits per heavy atom. The Hall–Kier alpha value is -1.56. The molecule has 0 unspecified atom stereocenters. The maximum absolute atomic E-state index is 9.18. The average molecular weight is 205 g/mol. The minimum atomic E-state index is -0.819. The minimum absolute atomic E-state index is 0.132. The van der Waals surface area contributed by atoms with E-state index in [1.807, 2.05) is 12.1 Å². The second-order valence-electron chi connectivity index (χ2n) is 1.84. The third-order valence-electron chi connectivity index (χ3n) is 0.660. The van der Waals surface area contributed by atoms with Crippen molar-refractivity contribution in [2.45, 2.75) is 6.92 Å². The summed E-state index contributed by atoms with van der Waals surface area (Å²) in [4.78, 5) is 12.9. The predicted molar refractivity (Wildman–Crippen MR) is 50.3 cm³/mol. The van der Waals surface area contributed by atoms with Gasteiger partial charge >= 0.3 is 0 Å². The second kappa shape index (κ2) is 14.0. The van der Waals surface area contributed by atoms with Gasteiger partial charge in [-0.3, -0.25) is 0 Å². The van der Waals surface area contributed by atoms with Gasteiger partial charge in [-0.1, -0.05) is 0 Å². The van der Waals surface area contributed by atoms with Crippen LogP contribution in [0.25, 0.3) is 0 Å². The molecule has 1 aromatic heterocycles. The molecule has 0 radical (unpaired) electrons. The number of ether oxygens (including phenoxy) is 1. The molecule has 0 aliphatic carbocycles. The lowest BCUT2D eigenvalue weighted by molar-refractivity contribution is -0.756. The number of hydrogen-bond acceptors (Lipinski definition) is 5.